The van der Waals surface area contributed by atoms with E-state index in [1.165, 1.54) is 5.56 Å². The van der Waals surface area contributed by atoms with Crippen molar-refractivity contribution in [3.63, 3.8) is 0 Å². The van der Waals surface area contributed by atoms with E-state index in [4.69, 9.17) is 0 Å². The molecule has 2 aromatic rings. The van der Waals surface area contributed by atoms with Gasteiger partial charge in [0.05, 0.1) is 0 Å². The monoisotopic (exact) mass is 310 g/mol. The number of nitrogens with zero attached hydrogens (tertiary/aromatic N) is 1. The second-order valence-corrected chi connectivity index (χ2v) is 6.13. The lowest BCUT2D eigenvalue weighted by atomic mass is 9.90. The first-order chi connectivity index (χ1) is 11.2. The highest BCUT2D eigenvalue weighted by Gasteiger charge is 2.23. The molecule has 3 rings (SSSR count). The molecule has 4 nitrogen and oxygen atoms in total. The molecule has 0 spiro atoms. The molecular formula is C19H22N2O2. The zero-order valence-electron chi connectivity index (χ0n) is 13.2. The van der Waals surface area contributed by atoms with Gasteiger partial charge in [-0.2, -0.15) is 0 Å². The molecule has 0 atom stereocenters. The van der Waals surface area contributed by atoms with Crippen molar-refractivity contribution in [3.05, 3.63) is 70.1 Å². The lowest BCUT2D eigenvalue weighted by molar-refractivity contribution is -0.132. The Bertz CT molecular complexity index is 701. The number of hydrogen-bond donors (Lipinski definition) is 1. The van der Waals surface area contributed by atoms with Gasteiger partial charge in [0.2, 0.25) is 11.5 Å². The van der Waals surface area contributed by atoms with E-state index in [2.05, 4.69) is 17.1 Å². The molecule has 0 saturated carbocycles. The van der Waals surface area contributed by atoms with E-state index in [1.807, 2.05) is 29.2 Å². The number of piperidine rings is 1. The van der Waals surface area contributed by atoms with Crippen molar-refractivity contribution in [3.8, 4) is 0 Å². The number of hydrogen-bond acceptors (Lipinski definition) is 2. The van der Waals surface area contributed by atoms with Gasteiger partial charge >= 0.3 is 0 Å². The van der Waals surface area contributed by atoms with Gasteiger partial charge < -0.3 is 9.88 Å². The van der Waals surface area contributed by atoms with Crippen LogP contribution in [0.2, 0.25) is 0 Å². The van der Waals surface area contributed by atoms with Crippen LogP contribution in [0.25, 0.3) is 0 Å². The van der Waals surface area contributed by atoms with Crippen molar-refractivity contribution in [1.29, 1.82) is 0 Å². The Morgan fingerprint density at radius 1 is 1.13 bits per heavy atom. The maximum atomic E-state index is 12.3. The van der Waals surface area contributed by atoms with Gasteiger partial charge in [0, 0.05) is 31.8 Å². The van der Waals surface area contributed by atoms with Gasteiger partial charge in [0.1, 0.15) is 0 Å². The van der Waals surface area contributed by atoms with Crippen molar-refractivity contribution >= 4 is 5.91 Å². The minimum absolute atomic E-state index is 0.0520. The number of pyridine rings is 1. The highest BCUT2D eigenvalue weighted by Crippen LogP contribution is 2.27. The van der Waals surface area contributed by atoms with Crippen LogP contribution < -0.4 is 5.56 Å². The second kappa shape index (κ2) is 7.27. The van der Waals surface area contributed by atoms with E-state index in [1.54, 1.807) is 12.3 Å². The van der Waals surface area contributed by atoms with Crippen molar-refractivity contribution in [2.75, 3.05) is 13.1 Å². The Morgan fingerprint density at radius 2 is 1.87 bits per heavy atom. The summed E-state index contributed by atoms with van der Waals surface area (Å²) in [6.45, 7) is 1.57. The fourth-order valence-corrected chi connectivity index (χ4v) is 3.23. The number of likely N-dealkylation sites (tertiary alicyclic amines) is 1. The third kappa shape index (κ3) is 4.09. The molecule has 23 heavy (non-hydrogen) atoms. The molecule has 120 valence electrons. The van der Waals surface area contributed by atoms with Gasteiger partial charge in [-0.15, -0.1) is 0 Å². The number of carbonyl (C=O) groups is 1. The zero-order chi connectivity index (χ0) is 16.1. The molecule has 0 bridgehead atoms. The van der Waals surface area contributed by atoms with Crippen molar-refractivity contribution in [2.24, 2.45) is 0 Å². The fraction of sp³-hybridized carbons (Fsp3) is 0.368. The maximum absolute atomic E-state index is 12.3. The number of carbonyl (C=O) groups excluding carboxylic acids is 1. The summed E-state index contributed by atoms with van der Waals surface area (Å²) in [5.74, 6) is 0.619. The summed E-state index contributed by atoms with van der Waals surface area (Å²) in [7, 11) is 0. The third-order valence-corrected chi connectivity index (χ3v) is 4.59. The van der Waals surface area contributed by atoms with Crippen LogP contribution in [0, 0.1) is 0 Å². The van der Waals surface area contributed by atoms with E-state index >= 15 is 0 Å². The number of aromatic amines is 1. The Balaban J connectivity index is 1.50. The van der Waals surface area contributed by atoms with E-state index in [0.717, 1.165) is 37.9 Å². The first-order valence-corrected chi connectivity index (χ1v) is 8.23. The smallest absolute Gasteiger partial charge is 0.248 e. The van der Waals surface area contributed by atoms with Crippen LogP contribution in [-0.2, 0) is 11.2 Å². The molecule has 4 heteroatoms. The number of aromatic nitrogens is 1. The first kappa shape index (κ1) is 15.5. The summed E-state index contributed by atoms with van der Waals surface area (Å²) in [6, 6.07) is 13.8. The second-order valence-electron chi connectivity index (χ2n) is 6.13. The molecule has 1 aromatic carbocycles. The topological polar surface area (TPSA) is 53.2 Å². The van der Waals surface area contributed by atoms with Gasteiger partial charge in [0.25, 0.3) is 0 Å². The highest BCUT2D eigenvalue weighted by atomic mass is 16.2. The Hall–Kier alpha value is -2.36. The van der Waals surface area contributed by atoms with Crippen LogP contribution in [-0.4, -0.2) is 28.9 Å². The molecule has 0 unspecified atom stereocenters. The number of amides is 1. The minimum Gasteiger partial charge on any atom is -0.343 e. The lowest BCUT2D eigenvalue weighted by Crippen LogP contribution is -2.38. The van der Waals surface area contributed by atoms with E-state index < -0.39 is 0 Å². The van der Waals surface area contributed by atoms with Gasteiger partial charge in [0.15, 0.2) is 0 Å². The lowest BCUT2D eigenvalue weighted by Gasteiger charge is -2.32. The van der Waals surface area contributed by atoms with Gasteiger partial charge in [-0.1, -0.05) is 30.3 Å². The summed E-state index contributed by atoms with van der Waals surface area (Å²) >= 11 is 0. The van der Waals surface area contributed by atoms with Gasteiger partial charge in [-0.05, 0) is 42.4 Å². The SMILES string of the molecule is O=C(CCc1ccccc1)N1CCC(c2cc[nH]c(=O)c2)CC1. The highest BCUT2D eigenvalue weighted by molar-refractivity contribution is 5.76. The van der Waals surface area contributed by atoms with Gasteiger partial charge in [-0.3, -0.25) is 9.59 Å². The third-order valence-electron chi connectivity index (χ3n) is 4.59. The van der Waals surface area contributed by atoms with Crippen LogP contribution in [0.4, 0.5) is 0 Å². The average Bonchev–Trinajstić information content (AvgIpc) is 2.61. The van der Waals surface area contributed by atoms with Gasteiger partial charge in [-0.25, -0.2) is 0 Å². The number of H-pyrrole nitrogens is 1. The molecule has 0 radical (unpaired) electrons. The molecule has 1 aliphatic heterocycles. The standard InChI is InChI=1S/C19H22N2O2/c22-18-14-17(8-11-20-18)16-9-12-21(13-10-16)19(23)7-6-15-4-2-1-3-5-15/h1-5,8,11,14,16H,6-7,9-10,12-13H2,(H,20,22). The average molecular weight is 310 g/mol. The molecule has 1 fully saturated rings. The van der Waals surface area contributed by atoms with E-state index in [0.29, 0.717) is 12.3 Å². The summed E-state index contributed by atoms with van der Waals surface area (Å²) in [4.78, 5) is 28.4. The summed E-state index contributed by atoms with van der Waals surface area (Å²) < 4.78 is 0. The largest absolute Gasteiger partial charge is 0.343 e. The Kier molecular flexibility index (Phi) is 4.91. The van der Waals surface area contributed by atoms with Crippen LogP contribution in [0.5, 0.6) is 0 Å². The number of nitrogens with one attached hydrogen (secondary N) is 1. The summed E-state index contributed by atoms with van der Waals surface area (Å²) in [5.41, 5.74) is 2.24. The van der Waals surface area contributed by atoms with Crippen molar-refractivity contribution in [2.45, 2.75) is 31.6 Å². The quantitative estimate of drug-likeness (QED) is 0.944. The zero-order valence-corrected chi connectivity index (χ0v) is 13.2. The molecule has 1 aromatic heterocycles. The Labute approximate surface area is 136 Å². The normalized spacial score (nSPS) is 15.6. The summed E-state index contributed by atoms with van der Waals surface area (Å²) in [6.07, 6.45) is 4.93. The van der Waals surface area contributed by atoms with Crippen LogP contribution in [0.15, 0.2) is 53.5 Å². The molecule has 2 heterocycles. The molecular weight excluding hydrogens is 288 g/mol. The number of aryl methyl sites for hydroxylation is 1. The van der Waals surface area contributed by atoms with E-state index in [9.17, 15) is 9.59 Å². The molecule has 1 N–H and O–H groups in total. The minimum atomic E-state index is -0.0520. The predicted octanol–water partition coefficient (Wildman–Crippen LogP) is 2.71. The molecule has 1 saturated heterocycles. The first-order valence-electron chi connectivity index (χ1n) is 8.23. The predicted molar refractivity (Wildman–Crippen MR) is 90.4 cm³/mol. The molecule has 1 amide bonds. The molecule has 0 aliphatic carbocycles. The Morgan fingerprint density at radius 3 is 2.57 bits per heavy atom. The summed E-state index contributed by atoms with van der Waals surface area (Å²) in [5, 5.41) is 0. The van der Waals surface area contributed by atoms with Crippen LogP contribution in [0.1, 0.15) is 36.3 Å². The van der Waals surface area contributed by atoms with Crippen LogP contribution >= 0.6 is 0 Å². The maximum Gasteiger partial charge on any atom is 0.248 e. The van der Waals surface area contributed by atoms with Crippen molar-refractivity contribution < 1.29 is 4.79 Å². The number of rotatable bonds is 4. The fourth-order valence-electron chi connectivity index (χ4n) is 3.23. The molecule has 1 aliphatic rings. The number of benzene rings is 1. The van der Waals surface area contributed by atoms with Crippen LogP contribution in [0.3, 0.4) is 0 Å². The van der Waals surface area contributed by atoms with Crippen molar-refractivity contribution in [1.82, 2.24) is 9.88 Å². The van der Waals surface area contributed by atoms with E-state index in [-0.39, 0.29) is 11.5 Å².